The molecule has 12 heavy (non-hydrogen) atoms. The smallest absolute Gasteiger partial charge is 0.233 e. The molecule has 1 fully saturated rings. The van der Waals surface area contributed by atoms with Crippen molar-refractivity contribution in [1.82, 2.24) is 10.2 Å². The zero-order valence-electron chi connectivity index (χ0n) is 7.97. The van der Waals surface area contributed by atoms with Crippen LogP contribution in [0.4, 0.5) is 0 Å². The van der Waals surface area contributed by atoms with Crippen LogP contribution in [0.2, 0.25) is 0 Å². The van der Waals surface area contributed by atoms with Gasteiger partial charge in [-0.15, -0.1) is 0 Å². The number of amides is 1. The van der Waals surface area contributed by atoms with Crippen molar-refractivity contribution in [3.63, 3.8) is 0 Å². The van der Waals surface area contributed by atoms with E-state index >= 15 is 0 Å². The summed E-state index contributed by atoms with van der Waals surface area (Å²) in [5.41, 5.74) is 0. The molecule has 3 heteroatoms. The number of hydrogen-bond acceptors (Lipinski definition) is 2. The summed E-state index contributed by atoms with van der Waals surface area (Å²) >= 11 is 0. The molecule has 1 aliphatic heterocycles. The van der Waals surface area contributed by atoms with Gasteiger partial charge in [0.15, 0.2) is 0 Å². The average molecular weight is 170 g/mol. The van der Waals surface area contributed by atoms with Crippen LogP contribution in [0.25, 0.3) is 0 Å². The first-order chi connectivity index (χ1) is 5.72. The fourth-order valence-electron chi connectivity index (χ4n) is 1.71. The van der Waals surface area contributed by atoms with Crippen molar-refractivity contribution in [2.45, 2.75) is 19.8 Å². The van der Waals surface area contributed by atoms with E-state index in [4.69, 9.17) is 0 Å². The number of nitrogens with one attached hydrogen (secondary N) is 1. The molecule has 0 unspecified atom stereocenters. The molecular formula is C9H18N2O. The van der Waals surface area contributed by atoms with Crippen molar-refractivity contribution in [2.75, 3.05) is 26.7 Å². The zero-order chi connectivity index (χ0) is 8.97. The number of nitrogens with zero attached hydrogens (tertiary/aromatic N) is 1. The lowest BCUT2D eigenvalue weighted by Crippen LogP contribution is -2.41. The molecule has 0 saturated carbocycles. The minimum absolute atomic E-state index is 0.129. The van der Waals surface area contributed by atoms with E-state index in [1.165, 1.54) is 12.8 Å². The first-order valence-corrected chi connectivity index (χ1v) is 4.65. The fourth-order valence-corrected chi connectivity index (χ4v) is 1.71. The summed E-state index contributed by atoms with van der Waals surface area (Å²) in [5, 5.41) is 2.65. The van der Waals surface area contributed by atoms with Crippen molar-refractivity contribution in [3.05, 3.63) is 0 Å². The maximum atomic E-state index is 11.0. The third-order valence-electron chi connectivity index (χ3n) is 2.39. The predicted octanol–water partition coefficient (Wildman–Crippen LogP) is 0.464. The Morgan fingerprint density at radius 1 is 1.67 bits per heavy atom. The van der Waals surface area contributed by atoms with Gasteiger partial charge < -0.3 is 5.32 Å². The first-order valence-electron chi connectivity index (χ1n) is 4.65. The summed E-state index contributed by atoms with van der Waals surface area (Å²) in [7, 11) is 1.69. The van der Waals surface area contributed by atoms with Gasteiger partial charge in [-0.1, -0.05) is 6.92 Å². The second kappa shape index (κ2) is 4.45. The molecule has 0 spiro atoms. The molecule has 70 valence electrons. The van der Waals surface area contributed by atoms with Gasteiger partial charge in [0.2, 0.25) is 5.91 Å². The van der Waals surface area contributed by atoms with Gasteiger partial charge in [0.05, 0.1) is 6.54 Å². The van der Waals surface area contributed by atoms with E-state index in [-0.39, 0.29) is 5.91 Å². The molecule has 0 aromatic rings. The summed E-state index contributed by atoms with van der Waals surface area (Å²) in [6.45, 7) is 4.97. The van der Waals surface area contributed by atoms with Gasteiger partial charge in [-0.2, -0.15) is 0 Å². The van der Waals surface area contributed by atoms with Crippen LogP contribution < -0.4 is 5.32 Å². The van der Waals surface area contributed by atoms with Gasteiger partial charge in [0.25, 0.3) is 0 Å². The molecule has 1 aliphatic rings. The van der Waals surface area contributed by atoms with Crippen LogP contribution in [-0.2, 0) is 4.79 Å². The summed E-state index contributed by atoms with van der Waals surface area (Å²) in [4.78, 5) is 13.3. The third-order valence-corrected chi connectivity index (χ3v) is 2.39. The maximum Gasteiger partial charge on any atom is 0.233 e. The van der Waals surface area contributed by atoms with Crippen molar-refractivity contribution in [2.24, 2.45) is 5.92 Å². The molecule has 0 aliphatic carbocycles. The van der Waals surface area contributed by atoms with E-state index in [1.54, 1.807) is 7.05 Å². The number of likely N-dealkylation sites (tertiary alicyclic amines) is 1. The van der Waals surface area contributed by atoms with Gasteiger partial charge in [0, 0.05) is 13.6 Å². The quantitative estimate of drug-likeness (QED) is 0.653. The Labute approximate surface area is 74.1 Å². The Hall–Kier alpha value is -0.570. The van der Waals surface area contributed by atoms with Crippen LogP contribution in [0.5, 0.6) is 0 Å². The lowest BCUT2D eigenvalue weighted by atomic mass is 10.0. The van der Waals surface area contributed by atoms with E-state index in [0.717, 1.165) is 19.0 Å². The van der Waals surface area contributed by atoms with Crippen LogP contribution in [0.1, 0.15) is 19.8 Å². The number of piperidine rings is 1. The van der Waals surface area contributed by atoms with Crippen LogP contribution in [0.3, 0.4) is 0 Å². The second-order valence-corrected chi connectivity index (χ2v) is 3.66. The molecule has 1 amide bonds. The van der Waals surface area contributed by atoms with E-state index in [2.05, 4.69) is 17.1 Å². The lowest BCUT2D eigenvalue weighted by Gasteiger charge is -2.29. The molecule has 1 saturated heterocycles. The Morgan fingerprint density at radius 2 is 2.42 bits per heavy atom. The highest BCUT2D eigenvalue weighted by molar-refractivity contribution is 5.77. The Kier molecular flexibility index (Phi) is 3.53. The fraction of sp³-hybridized carbons (Fsp3) is 0.889. The SMILES string of the molecule is CNC(=O)CN1CCC[C@H](C)C1. The van der Waals surface area contributed by atoms with Crippen molar-refractivity contribution >= 4 is 5.91 Å². The molecule has 0 aromatic carbocycles. The summed E-state index contributed by atoms with van der Waals surface area (Å²) < 4.78 is 0. The molecule has 0 aromatic heterocycles. The van der Waals surface area contributed by atoms with Crippen LogP contribution in [-0.4, -0.2) is 37.5 Å². The predicted molar refractivity (Wildman–Crippen MR) is 48.9 cm³/mol. The molecule has 1 heterocycles. The molecule has 1 N–H and O–H groups in total. The topological polar surface area (TPSA) is 32.3 Å². The highest BCUT2D eigenvalue weighted by Gasteiger charge is 2.17. The van der Waals surface area contributed by atoms with Crippen molar-refractivity contribution in [3.8, 4) is 0 Å². The van der Waals surface area contributed by atoms with E-state index in [0.29, 0.717) is 6.54 Å². The minimum Gasteiger partial charge on any atom is -0.358 e. The molecule has 0 bridgehead atoms. The minimum atomic E-state index is 0.129. The van der Waals surface area contributed by atoms with Crippen LogP contribution in [0, 0.1) is 5.92 Å². The Balaban J connectivity index is 2.27. The third kappa shape index (κ3) is 2.81. The summed E-state index contributed by atoms with van der Waals surface area (Å²) in [6, 6.07) is 0. The van der Waals surface area contributed by atoms with Gasteiger partial charge >= 0.3 is 0 Å². The van der Waals surface area contributed by atoms with E-state index in [9.17, 15) is 4.79 Å². The maximum absolute atomic E-state index is 11.0. The number of rotatable bonds is 2. The standard InChI is InChI=1S/C9H18N2O/c1-8-4-3-5-11(6-8)7-9(12)10-2/h8H,3-7H2,1-2H3,(H,10,12)/t8-/m0/s1. The highest BCUT2D eigenvalue weighted by atomic mass is 16.1. The summed E-state index contributed by atoms with van der Waals surface area (Å²) in [6.07, 6.45) is 2.54. The van der Waals surface area contributed by atoms with Gasteiger partial charge in [-0.25, -0.2) is 0 Å². The average Bonchev–Trinajstić information content (AvgIpc) is 2.04. The molecule has 1 rings (SSSR count). The second-order valence-electron chi connectivity index (χ2n) is 3.66. The molecular weight excluding hydrogens is 152 g/mol. The largest absolute Gasteiger partial charge is 0.358 e. The number of carbonyl (C=O) groups is 1. The van der Waals surface area contributed by atoms with Gasteiger partial charge in [0.1, 0.15) is 0 Å². The number of carbonyl (C=O) groups excluding carboxylic acids is 1. The highest BCUT2D eigenvalue weighted by Crippen LogP contribution is 2.14. The van der Waals surface area contributed by atoms with Crippen LogP contribution >= 0.6 is 0 Å². The van der Waals surface area contributed by atoms with Gasteiger partial charge in [-0.3, -0.25) is 9.69 Å². The monoisotopic (exact) mass is 170 g/mol. The van der Waals surface area contributed by atoms with Crippen molar-refractivity contribution < 1.29 is 4.79 Å². The molecule has 0 radical (unpaired) electrons. The van der Waals surface area contributed by atoms with Crippen molar-refractivity contribution in [1.29, 1.82) is 0 Å². The first kappa shape index (κ1) is 9.52. The molecule has 1 atom stereocenters. The Bertz CT molecular complexity index is 159. The lowest BCUT2D eigenvalue weighted by molar-refractivity contribution is -0.122. The number of likely N-dealkylation sites (N-methyl/N-ethyl adjacent to an activating group) is 1. The van der Waals surface area contributed by atoms with Gasteiger partial charge in [-0.05, 0) is 25.3 Å². The van der Waals surface area contributed by atoms with Crippen LogP contribution in [0.15, 0.2) is 0 Å². The molecule has 3 nitrogen and oxygen atoms in total. The Morgan fingerprint density at radius 3 is 3.00 bits per heavy atom. The number of hydrogen-bond donors (Lipinski definition) is 1. The normalized spacial score (nSPS) is 25.3. The van der Waals surface area contributed by atoms with E-state index in [1.807, 2.05) is 0 Å². The summed E-state index contributed by atoms with van der Waals surface area (Å²) in [5.74, 6) is 0.882. The zero-order valence-corrected chi connectivity index (χ0v) is 7.97. The van der Waals surface area contributed by atoms with E-state index < -0.39 is 0 Å².